The van der Waals surface area contributed by atoms with E-state index in [2.05, 4.69) is 10.6 Å². The molecule has 0 bridgehead atoms. The van der Waals surface area contributed by atoms with E-state index < -0.39 is 0 Å². The molecule has 0 saturated carbocycles. The molecule has 0 aliphatic rings. The Labute approximate surface area is 152 Å². The van der Waals surface area contributed by atoms with Crippen molar-refractivity contribution in [2.24, 2.45) is 0 Å². The topological polar surface area (TPSA) is 67.4 Å². The molecule has 5 nitrogen and oxygen atoms in total. The number of methoxy groups -OCH3 is 1. The van der Waals surface area contributed by atoms with Crippen LogP contribution in [0.4, 0.5) is 0 Å². The summed E-state index contributed by atoms with van der Waals surface area (Å²) in [6.45, 7) is 3.70. The molecule has 2 rings (SSSR count). The molecule has 2 aromatic carbocycles. The molecular weight excluding hydrogens is 340 g/mol. The van der Waals surface area contributed by atoms with E-state index in [9.17, 15) is 9.59 Å². The molecule has 0 aliphatic carbocycles. The zero-order chi connectivity index (χ0) is 18.4. The van der Waals surface area contributed by atoms with Crippen LogP contribution in [0.25, 0.3) is 0 Å². The fourth-order valence-corrected chi connectivity index (χ4v) is 2.69. The van der Waals surface area contributed by atoms with E-state index in [4.69, 9.17) is 16.3 Å². The van der Waals surface area contributed by atoms with Gasteiger partial charge in [-0.25, -0.2) is 0 Å². The Morgan fingerprint density at radius 3 is 2.60 bits per heavy atom. The molecule has 0 aliphatic heterocycles. The number of ether oxygens (including phenoxy) is 1. The molecule has 2 aromatic rings. The van der Waals surface area contributed by atoms with Gasteiger partial charge in [-0.1, -0.05) is 41.4 Å². The predicted molar refractivity (Wildman–Crippen MR) is 98.1 cm³/mol. The lowest BCUT2D eigenvalue weighted by Gasteiger charge is -2.18. The van der Waals surface area contributed by atoms with Gasteiger partial charge in [-0.15, -0.1) is 0 Å². The molecule has 132 valence electrons. The highest BCUT2D eigenvalue weighted by atomic mass is 35.5. The highest BCUT2D eigenvalue weighted by molar-refractivity contribution is 6.33. The number of aryl methyl sites for hydroxylation is 1. The first kappa shape index (κ1) is 18.8. The number of halogens is 1. The fourth-order valence-electron chi connectivity index (χ4n) is 2.46. The summed E-state index contributed by atoms with van der Waals surface area (Å²) in [5.74, 6) is 0.0245. The molecule has 0 spiro atoms. The minimum Gasteiger partial charge on any atom is -0.496 e. The van der Waals surface area contributed by atoms with Crippen molar-refractivity contribution in [1.82, 2.24) is 10.6 Å². The summed E-state index contributed by atoms with van der Waals surface area (Å²) in [6, 6.07) is 12.2. The lowest BCUT2D eigenvalue weighted by Crippen LogP contribution is -2.38. The van der Waals surface area contributed by atoms with Gasteiger partial charge in [0.1, 0.15) is 5.75 Å². The summed E-state index contributed by atoms with van der Waals surface area (Å²) < 4.78 is 5.34. The van der Waals surface area contributed by atoms with Crippen molar-refractivity contribution in [2.75, 3.05) is 13.7 Å². The van der Waals surface area contributed by atoms with Crippen LogP contribution in [0, 0.1) is 6.92 Å². The fraction of sp³-hybridized carbons (Fsp3) is 0.263. The number of benzene rings is 2. The van der Waals surface area contributed by atoms with Crippen molar-refractivity contribution < 1.29 is 14.3 Å². The number of hydrogen-bond acceptors (Lipinski definition) is 3. The van der Waals surface area contributed by atoms with E-state index in [0.717, 1.165) is 11.1 Å². The van der Waals surface area contributed by atoms with Gasteiger partial charge >= 0.3 is 0 Å². The maximum atomic E-state index is 12.1. The maximum absolute atomic E-state index is 12.1. The zero-order valence-corrected chi connectivity index (χ0v) is 15.2. The predicted octanol–water partition coefficient (Wildman–Crippen LogP) is 3.26. The van der Waals surface area contributed by atoms with E-state index in [1.54, 1.807) is 31.4 Å². The average Bonchev–Trinajstić information content (AvgIpc) is 2.60. The monoisotopic (exact) mass is 360 g/mol. The minimum absolute atomic E-state index is 0.136. The van der Waals surface area contributed by atoms with Crippen LogP contribution in [-0.4, -0.2) is 25.5 Å². The van der Waals surface area contributed by atoms with E-state index in [1.807, 2.05) is 32.0 Å². The van der Waals surface area contributed by atoms with Crippen LogP contribution in [0.3, 0.4) is 0 Å². The summed E-state index contributed by atoms with van der Waals surface area (Å²) in [7, 11) is 1.59. The molecule has 1 atom stereocenters. The number of nitrogens with one attached hydrogen (secondary N) is 2. The lowest BCUT2D eigenvalue weighted by atomic mass is 10.0. The number of carbonyl (C=O) groups is 2. The largest absolute Gasteiger partial charge is 0.496 e. The maximum Gasteiger partial charge on any atom is 0.253 e. The Morgan fingerprint density at radius 2 is 1.92 bits per heavy atom. The highest BCUT2D eigenvalue weighted by Crippen LogP contribution is 2.25. The SMILES string of the molecule is COc1ccc(C)cc1C(C)NC(=O)CNC(=O)c1ccccc1Cl. The van der Waals surface area contributed by atoms with E-state index in [1.165, 1.54) is 0 Å². The van der Waals surface area contributed by atoms with Gasteiger partial charge in [0.05, 0.1) is 30.3 Å². The van der Waals surface area contributed by atoms with Gasteiger partial charge in [0, 0.05) is 5.56 Å². The molecule has 25 heavy (non-hydrogen) atoms. The van der Waals surface area contributed by atoms with Crippen LogP contribution in [-0.2, 0) is 4.79 Å². The summed E-state index contributed by atoms with van der Waals surface area (Å²) in [6.07, 6.45) is 0. The first-order chi connectivity index (χ1) is 11.9. The van der Waals surface area contributed by atoms with Crippen LogP contribution in [0.1, 0.15) is 34.5 Å². The van der Waals surface area contributed by atoms with E-state index in [-0.39, 0.29) is 24.4 Å². The van der Waals surface area contributed by atoms with Crippen LogP contribution < -0.4 is 15.4 Å². The van der Waals surface area contributed by atoms with Gasteiger partial charge < -0.3 is 15.4 Å². The van der Waals surface area contributed by atoms with Crippen molar-refractivity contribution in [2.45, 2.75) is 19.9 Å². The van der Waals surface area contributed by atoms with Crippen molar-refractivity contribution >= 4 is 23.4 Å². The van der Waals surface area contributed by atoms with Gasteiger partial charge in [-0.3, -0.25) is 9.59 Å². The van der Waals surface area contributed by atoms with Crippen LogP contribution in [0.2, 0.25) is 5.02 Å². The second-order valence-corrected chi connectivity index (χ2v) is 6.10. The van der Waals surface area contributed by atoms with Crippen LogP contribution in [0.15, 0.2) is 42.5 Å². The molecule has 0 heterocycles. The Balaban J connectivity index is 1.95. The van der Waals surface area contributed by atoms with Gasteiger partial charge in [-0.2, -0.15) is 0 Å². The van der Waals surface area contributed by atoms with Crippen LogP contribution in [0.5, 0.6) is 5.75 Å². The highest BCUT2D eigenvalue weighted by Gasteiger charge is 2.16. The minimum atomic E-state index is -0.387. The first-order valence-corrected chi connectivity index (χ1v) is 8.26. The number of carbonyl (C=O) groups excluding carboxylic acids is 2. The van der Waals surface area contributed by atoms with Gasteiger partial charge in [0.25, 0.3) is 5.91 Å². The molecule has 0 radical (unpaired) electrons. The Kier molecular flexibility index (Phi) is 6.42. The molecule has 0 aromatic heterocycles. The van der Waals surface area contributed by atoms with E-state index in [0.29, 0.717) is 16.3 Å². The second-order valence-electron chi connectivity index (χ2n) is 5.70. The number of hydrogen-bond donors (Lipinski definition) is 2. The quantitative estimate of drug-likeness (QED) is 0.830. The third kappa shape index (κ3) is 4.97. The standard InChI is InChI=1S/C19H21ClN2O3/c1-12-8-9-17(25-3)15(10-12)13(2)22-18(23)11-21-19(24)14-6-4-5-7-16(14)20/h4-10,13H,11H2,1-3H3,(H,21,24)(H,22,23). The van der Waals surface area contributed by atoms with Crippen molar-refractivity contribution in [3.8, 4) is 5.75 Å². The molecule has 2 N–H and O–H groups in total. The second kappa shape index (κ2) is 8.53. The summed E-state index contributed by atoms with van der Waals surface area (Å²) >= 11 is 5.97. The third-order valence-corrected chi connectivity index (χ3v) is 4.09. The van der Waals surface area contributed by atoms with Gasteiger partial charge in [0.15, 0.2) is 0 Å². The summed E-state index contributed by atoms with van der Waals surface area (Å²) in [5.41, 5.74) is 2.29. The average molecular weight is 361 g/mol. The number of rotatable bonds is 6. The molecule has 1 unspecified atom stereocenters. The van der Waals surface area contributed by atoms with Crippen molar-refractivity contribution in [3.63, 3.8) is 0 Å². The first-order valence-electron chi connectivity index (χ1n) is 7.89. The van der Waals surface area contributed by atoms with Gasteiger partial charge in [0.2, 0.25) is 5.91 Å². The summed E-state index contributed by atoms with van der Waals surface area (Å²) in [5, 5.41) is 5.77. The smallest absolute Gasteiger partial charge is 0.253 e. The Hall–Kier alpha value is -2.53. The van der Waals surface area contributed by atoms with Crippen LogP contribution >= 0.6 is 11.6 Å². The lowest BCUT2D eigenvalue weighted by molar-refractivity contribution is -0.120. The van der Waals surface area contributed by atoms with Crippen molar-refractivity contribution in [3.05, 3.63) is 64.2 Å². The molecule has 6 heteroatoms. The molecule has 2 amide bonds. The molecular formula is C19H21ClN2O3. The normalized spacial score (nSPS) is 11.5. The molecule has 0 saturated heterocycles. The molecule has 0 fully saturated rings. The number of amides is 2. The zero-order valence-electron chi connectivity index (χ0n) is 14.4. The Morgan fingerprint density at radius 1 is 1.20 bits per heavy atom. The van der Waals surface area contributed by atoms with E-state index >= 15 is 0 Å². The third-order valence-electron chi connectivity index (χ3n) is 3.76. The van der Waals surface area contributed by atoms with Crippen molar-refractivity contribution in [1.29, 1.82) is 0 Å². The Bertz CT molecular complexity index is 777. The summed E-state index contributed by atoms with van der Waals surface area (Å²) in [4.78, 5) is 24.2. The van der Waals surface area contributed by atoms with Gasteiger partial charge in [-0.05, 0) is 32.0 Å².